The summed E-state index contributed by atoms with van der Waals surface area (Å²) in [5, 5.41) is 6.11. The van der Waals surface area contributed by atoms with Crippen LogP contribution in [0.2, 0.25) is 0 Å². The normalized spacial score (nSPS) is 24.4. The smallest absolute Gasteiger partial charge is 0.240 e. The van der Waals surface area contributed by atoms with E-state index in [0.717, 1.165) is 25.0 Å². The largest absolute Gasteiger partial charge is 0.375 e. The summed E-state index contributed by atoms with van der Waals surface area (Å²) < 4.78 is 5.31. The maximum atomic E-state index is 11.8. The van der Waals surface area contributed by atoms with Gasteiger partial charge in [-0.3, -0.25) is 4.79 Å². The lowest BCUT2D eigenvalue weighted by Gasteiger charge is -2.22. The highest BCUT2D eigenvalue weighted by Gasteiger charge is 2.35. The van der Waals surface area contributed by atoms with Gasteiger partial charge in [0.05, 0.1) is 18.8 Å². The Morgan fingerprint density at radius 1 is 1.62 bits per heavy atom. The van der Waals surface area contributed by atoms with E-state index in [1.807, 2.05) is 13.8 Å². The Hall–Kier alpha value is -0.870. The Labute approximate surface area is 97.4 Å². The van der Waals surface area contributed by atoms with Gasteiger partial charge in [-0.25, -0.2) is 0 Å². The van der Waals surface area contributed by atoms with Gasteiger partial charge in [-0.15, -0.1) is 0 Å². The van der Waals surface area contributed by atoms with Gasteiger partial charge in [0.25, 0.3) is 0 Å². The van der Waals surface area contributed by atoms with Crippen molar-refractivity contribution in [1.82, 2.24) is 10.6 Å². The number of carbonyl (C=O) groups excluding carboxylic acids is 1. The first-order valence-corrected chi connectivity index (χ1v) is 5.80. The summed E-state index contributed by atoms with van der Waals surface area (Å²) >= 11 is 0. The maximum absolute atomic E-state index is 11.8. The molecule has 1 aliphatic rings. The standard InChI is InChI=1S/C12H22N2O2/c1-10(2)9-16-8-7-13-11(15)12(3)5-4-6-14-12/h14H,1,4-9H2,2-3H3,(H,13,15). The quantitative estimate of drug-likeness (QED) is 0.521. The van der Waals surface area contributed by atoms with E-state index in [1.54, 1.807) is 0 Å². The minimum Gasteiger partial charge on any atom is -0.375 e. The summed E-state index contributed by atoms with van der Waals surface area (Å²) in [5.41, 5.74) is 0.615. The fourth-order valence-corrected chi connectivity index (χ4v) is 1.77. The van der Waals surface area contributed by atoms with E-state index in [9.17, 15) is 4.79 Å². The molecular formula is C12H22N2O2. The van der Waals surface area contributed by atoms with Crippen LogP contribution in [0.3, 0.4) is 0 Å². The van der Waals surface area contributed by atoms with Crippen molar-refractivity contribution in [3.8, 4) is 0 Å². The van der Waals surface area contributed by atoms with E-state index in [-0.39, 0.29) is 11.4 Å². The molecule has 4 heteroatoms. The number of rotatable bonds is 6. The molecule has 0 bridgehead atoms. The summed E-state index contributed by atoms with van der Waals surface area (Å²) in [6.07, 6.45) is 1.97. The lowest BCUT2D eigenvalue weighted by atomic mass is 9.99. The van der Waals surface area contributed by atoms with Crippen LogP contribution >= 0.6 is 0 Å². The third-order valence-electron chi connectivity index (χ3n) is 2.75. The second-order valence-electron chi connectivity index (χ2n) is 4.63. The predicted molar refractivity (Wildman–Crippen MR) is 64.3 cm³/mol. The third kappa shape index (κ3) is 3.94. The number of nitrogens with one attached hydrogen (secondary N) is 2. The van der Waals surface area contributed by atoms with Crippen molar-refractivity contribution < 1.29 is 9.53 Å². The highest BCUT2D eigenvalue weighted by Crippen LogP contribution is 2.18. The summed E-state index contributed by atoms with van der Waals surface area (Å²) in [4.78, 5) is 11.8. The van der Waals surface area contributed by atoms with Crippen LogP contribution in [-0.2, 0) is 9.53 Å². The topological polar surface area (TPSA) is 50.4 Å². The predicted octanol–water partition coefficient (Wildman–Crippen LogP) is 0.837. The van der Waals surface area contributed by atoms with Gasteiger partial charge in [-0.1, -0.05) is 12.2 Å². The molecule has 1 unspecified atom stereocenters. The molecule has 0 aromatic rings. The zero-order valence-electron chi connectivity index (χ0n) is 10.3. The monoisotopic (exact) mass is 226 g/mol. The van der Waals surface area contributed by atoms with Gasteiger partial charge in [0.15, 0.2) is 0 Å². The van der Waals surface area contributed by atoms with Gasteiger partial charge in [0.2, 0.25) is 5.91 Å². The van der Waals surface area contributed by atoms with Crippen molar-refractivity contribution in [1.29, 1.82) is 0 Å². The Morgan fingerprint density at radius 3 is 2.94 bits per heavy atom. The van der Waals surface area contributed by atoms with Crippen LogP contribution < -0.4 is 10.6 Å². The van der Waals surface area contributed by atoms with Crippen LogP contribution in [0.5, 0.6) is 0 Å². The molecule has 1 saturated heterocycles. The summed E-state index contributed by atoms with van der Waals surface area (Å²) in [6, 6.07) is 0. The number of hydrogen-bond donors (Lipinski definition) is 2. The van der Waals surface area contributed by atoms with Crippen LogP contribution in [-0.4, -0.2) is 37.7 Å². The molecule has 92 valence electrons. The van der Waals surface area contributed by atoms with Gasteiger partial charge in [-0.05, 0) is 33.2 Å². The molecule has 1 atom stereocenters. The molecule has 2 N–H and O–H groups in total. The van der Waals surface area contributed by atoms with E-state index in [0.29, 0.717) is 19.8 Å². The van der Waals surface area contributed by atoms with Gasteiger partial charge >= 0.3 is 0 Å². The van der Waals surface area contributed by atoms with E-state index in [1.165, 1.54) is 0 Å². The molecule has 1 fully saturated rings. The molecule has 0 radical (unpaired) electrons. The Bertz CT molecular complexity index is 258. The van der Waals surface area contributed by atoms with Gasteiger partial charge < -0.3 is 15.4 Å². The molecule has 0 aromatic heterocycles. The number of ether oxygens (including phenoxy) is 1. The molecular weight excluding hydrogens is 204 g/mol. The second-order valence-corrected chi connectivity index (χ2v) is 4.63. The molecule has 1 rings (SSSR count). The molecule has 1 aliphatic heterocycles. The summed E-state index contributed by atoms with van der Waals surface area (Å²) in [5.74, 6) is 0.0731. The fraction of sp³-hybridized carbons (Fsp3) is 0.750. The first-order chi connectivity index (χ1) is 7.54. The lowest BCUT2D eigenvalue weighted by Crippen LogP contribution is -2.51. The number of amides is 1. The van der Waals surface area contributed by atoms with Crippen molar-refractivity contribution in [2.45, 2.75) is 32.2 Å². The van der Waals surface area contributed by atoms with Crippen LogP contribution in [0.4, 0.5) is 0 Å². The van der Waals surface area contributed by atoms with E-state index in [2.05, 4.69) is 17.2 Å². The van der Waals surface area contributed by atoms with Crippen molar-refractivity contribution in [2.24, 2.45) is 0 Å². The van der Waals surface area contributed by atoms with E-state index < -0.39 is 0 Å². The highest BCUT2D eigenvalue weighted by atomic mass is 16.5. The zero-order valence-corrected chi connectivity index (χ0v) is 10.3. The molecule has 1 amide bonds. The van der Waals surface area contributed by atoms with Crippen LogP contribution in [0, 0.1) is 0 Å². The highest BCUT2D eigenvalue weighted by molar-refractivity contribution is 5.86. The molecule has 0 aromatic carbocycles. The van der Waals surface area contributed by atoms with E-state index in [4.69, 9.17) is 4.74 Å². The van der Waals surface area contributed by atoms with E-state index >= 15 is 0 Å². The summed E-state index contributed by atoms with van der Waals surface area (Å²) in [6.45, 7) is 10.2. The average Bonchev–Trinajstić information content (AvgIpc) is 2.65. The van der Waals surface area contributed by atoms with Crippen molar-refractivity contribution >= 4 is 5.91 Å². The first-order valence-electron chi connectivity index (χ1n) is 5.80. The molecule has 0 saturated carbocycles. The molecule has 4 nitrogen and oxygen atoms in total. The minimum atomic E-state index is -0.381. The second kappa shape index (κ2) is 6.01. The number of hydrogen-bond acceptors (Lipinski definition) is 3. The zero-order chi connectivity index (χ0) is 12.0. The Morgan fingerprint density at radius 2 is 2.38 bits per heavy atom. The molecule has 16 heavy (non-hydrogen) atoms. The first kappa shape index (κ1) is 13.2. The fourth-order valence-electron chi connectivity index (χ4n) is 1.77. The van der Waals surface area contributed by atoms with Crippen molar-refractivity contribution in [2.75, 3.05) is 26.3 Å². The molecule has 0 aliphatic carbocycles. The third-order valence-corrected chi connectivity index (χ3v) is 2.75. The van der Waals surface area contributed by atoms with Crippen LogP contribution in [0.25, 0.3) is 0 Å². The van der Waals surface area contributed by atoms with Gasteiger partial charge in [-0.2, -0.15) is 0 Å². The summed E-state index contributed by atoms with van der Waals surface area (Å²) in [7, 11) is 0. The van der Waals surface area contributed by atoms with Gasteiger partial charge in [0, 0.05) is 6.54 Å². The maximum Gasteiger partial charge on any atom is 0.240 e. The lowest BCUT2D eigenvalue weighted by molar-refractivity contribution is -0.126. The Balaban J connectivity index is 2.13. The SMILES string of the molecule is C=C(C)COCCNC(=O)C1(C)CCCN1. The minimum absolute atomic E-state index is 0.0731. The number of carbonyl (C=O) groups is 1. The van der Waals surface area contributed by atoms with Crippen LogP contribution in [0.1, 0.15) is 26.7 Å². The van der Waals surface area contributed by atoms with Gasteiger partial charge in [0.1, 0.15) is 0 Å². The van der Waals surface area contributed by atoms with Crippen LogP contribution in [0.15, 0.2) is 12.2 Å². The molecule has 0 spiro atoms. The Kier molecular flexibility index (Phi) is 4.96. The van der Waals surface area contributed by atoms with Crippen molar-refractivity contribution in [3.63, 3.8) is 0 Å². The van der Waals surface area contributed by atoms with Crippen molar-refractivity contribution in [3.05, 3.63) is 12.2 Å². The molecule has 1 heterocycles. The average molecular weight is 226 g/mol.